The highest BCUT2D eigenvalue weighted by Gasteiger charge is 2.47. The first-order chi connectivity index (χ1) is 16.3. The quantitative estimate of drug-likeness (QED) is 0.195. The molecule has 18 heteroatoms. The Morgan fingerprint density at radius 2 is 0.914 bits per heavy atom. The van der Waals surface area contributed by atoms with Crippen LogP contribution in [0.25, 0.3) is 0 Å². The van der Waals surface area contributed by atoms with Crippen LogP contribution in [0.3, 0.4) is 0 Å². The molecule has 0 N–H and O–H groups in total. The second kappa shape index (κ2) is 14.0. The van der Waals surface area contributed by atoms with Gasteiger partial charge in [0.15, 0.2) is 10.9 Å². The van der Waals surface area contributed by atoms with E-state index >= 15 is 0 Å². The highest BCUT2D eigenvalue weighted by molar-refractivity contribution is 8.01. The molecule has 204 valence electrons. The standard InChI is InChI=1S/C17H30F3N2O9P3S/c1-7-26-32(23,27-8-2)14-13(35-17(18,19)20)15(33(24,28-9-3)29-10-4)22-16(21-14)34(25,30-11-5)31-12-6/h7-12H2,1-6H3. The summed E-state index contributed by atoms with van der Waals surface area (Å²) in [6, 6.07) is 0. The molecule has 0 aliphatic carbocycles. The molecule has 1 rings (SSSR count). The fourth-order valence-corrected chi connectivity index (χ4v) is 8.88. The van der Waals surface area contributed by atoms with E-state index in [9.17, 15) is 26.9 Å². The molecule has 0 aliphatic rings. The van der Waals surface area contributed by atoms with E-state index in [1.54, 1.807) is 0 Å². The van der Waals surface area contributed by atoms with Crippen LogP contribution < -0.4 is 16.4 Å². The van der Waals surface area contributed by atoms with Crippen molar-refractivity contribution in [3.8, 4) is 0 Å². The van der Waals surface area contributed by atoms with E-state index in [1.165, 1.54) is 41.5 Å². The molecule has 0 bridgehead atoms. The van der Waals surface area contributed by atoms with Crippen molar-refractivity contribution in [2.75, 3.05) is 39.6 Å². The Balaban J connectivity index is 4.29. The smallest absolute Gasteiger partial charge is 0.304 e. The van der Waals surface area contributed by atoms with Crippen LogP contribution in [-0.2, 0) is 40.8 Å². The van der Waals surface area contributed by atoms with Gasteiger partial charge in [-0.25, -0.2) is 9.97 Å². The third-order valence-electron chi connectivity index (χ3n) is 3.59. The number of halogens is 3. The first-order valence-electron chi connectivity index (χ1n) is 10.7. The molecule has 0 aromatic carbocycles. The van der Waals surface area contributed by atoms with Crippen LogP contribution in [0.2, 0.25) is 0 Å². The highest BCUT2D eigenvalue weighted by Crippen LogP contribution is 2.55. The maximum atomic E-state index is 13.7. The fraction of sp³-hybridized carbons (Fsp3) is 0.765. The van der Waals surface area contributed by atoms with E-state index in [2.05, 4.69) is 9.97 Å². The summed E-state index contributed by atoms with van der Waals surface area (Å²) in [5.41, 5.74) is -7.60. The number of thioether (sulfide) groups is 1. The Bertz CT molecular complexity index is 903. The van der Waals surface area contributed by atoms with E-state index in [0.717, 1.165) is 0 Å². The minimum Gasteiger partial charge on any atom is -0.304 e. The van der Waals surface area contributed by atoms with Gasteiger partial charge in [0.25, 0.3) is 0 Å². The van der Waals surface area contributed by atoms with Gasteiger partial charge in [-0.15, -0.1) is 0 Å². The lowest BCUT2D eigenvalue weighted by atomic mass is 10.7. The monoisotopic (exact) mass is 588 g/mol. The predicted octanol–water partition coefficient (Wildman–Crippen LogP) is 4.76. The molecular formula is C17H30F3N2O9P3S. The maximum Gasteiger partial charge on any atom is 0.446 e. The molecule has 0 fully saturated rings. The van der Waals surface area contributed by atoms with Crippen molar-refractivity contribution in [3.63, 3.8) is 0 Å². The molecule has 0 aliphatic heterocycles. The molecule has 1 heterocycles. The average molecular weight is 588 g/mol. The van der Waals surface area contributed by atoms with Gasteiger partial charge < -0.3 is 27.1 Å². The van der Waals surface area contributed by atoms with Crippen molar-refractivity contribution in [2.24, 2.45) is 0 Å². The lowest BCUT2D eigenvalue weighted by Crippen LogP contribution is -2.37. The Labute approximate surface area is 206 Å². The van der Waals surface area contributed by atoms with Gasteiger partial charge in [0, 0.05) is 0 Å². The van der Waals surface area contributed by atoms with Gasteiger partial charge in [-0.05, 0) is 53.3 Å². The zero-order chi connectivity index (χ0) is 26.9. The summed E-state index contributed by atoms with van der Waals surface area (Å²) in [6.07, 6.45) is 0. The lowest BCUT2D eigenvalue weighted by molar-refractivity contribution is -0.0327. The summed E-state index contributed by atoms with van der Waals surface area (Å²) in [6.45, 7) is 7.40. The van der Waals surface area contributed by atoms with Crippen molar-refractivity contribution in [2.45, 2.75) is 51.9 Å². The number of nitrogens with zero attached hydrogens (tertiary/aromatic N) is 2. The van der Waals surface area contributed by atoms with E-state index in [0.29, 0.717) is 0 Å². The normalized spacial score (nSPS) is 13.4. The lowest BCUT2D eigenvalue weighted by Gasteiger charge is -2.25. The second-order valence-electron chi connectivity index (χ2n) is 6.05. The molecule has 0 spiro atoms. The number of rotatable bonds is 16. The minimum atomic E-state index is -4.98. The van der Waals surface area contributed by atoms with E-state index < -0.39 is 61.4 Å². The van der Waals surface area contributed by atoms with Crippen LogP contribution in [0.15, 0.2) is 4.90 Å². The number of hydrogen-bond donors (Lipinski definition) is 0. The maximum absolute atomic E-state index is 13.7. The Kier molecular flexibility index (Phi) is 13.1. The van der Waals surface area contributed by atoms with Crippen molar-refractivity contribution in [3.05, 3.63) is 0 Å². The van der Waals surface area contributed by atoms with Gasteiger partial charge in [0.05, 0.1) is 44.5 Å². The van der Waals surface area contributed by atoms with Crippen molar-refractivity contribution >= 4 is 51.0 Å². The van der Waals surface area contributed by atoms with Gasteiger partial charge >= 0.3 is 28.3 Å². The molecule has 0 saturated heterocycles. The third kappa shape index (κ3) is 8.60. The average Bonchev–Trinajstić information content (AvgIpc) is 2.73. The van der Waals surface area contributed by atoms with Gasteiger partial charge in [0.1, 0.15) is 0 Å². The Morgan fingerprint density at radius 3 is 1.17 bits per heavy atom. The fourth-order valence-electron chi connectivity index (χ4n) is 2.61. The molecular weight excluding hydrogens is 558 g/mol. The SMILES string of the molecule is CCOP(=O)(OCC)c1nc(P(=O)(OCC)OCC)c(SC(F)(F)F)c(P(=O)(OCC)OCC)n1. The number of alkyl halides is 3. The third-order valence-corrected chi connectivity index (χ3v) is 10.7. The summed E-state index contributed by atoms with van der Waals surface area (Å²) in [4.78, 5) is 6.78. The van der Waals surface area contributed by atoms with Crippen molar-refractivity contribution in [1.29, 1.82) is 0 Å². The van der Waals surface area contributed by atoms with Gasteiger partial charge in [-0.2, -0.15) is 13.2 Å². The molecule has 0 saturated carbocycles. The van der Waals surface area contributed by atoms with Crippen LogP contribution in [0.5, 0.6) is 0 Å². The molecule has 35 heavy (non-hydrogen) atoms. The van der Waals surface area contributed by atoms with Gasteiger partial charge in [-0.1, -0.05) is 0 Å². The van der Waals surface area contributed by atoms with Crippen LogP contribution in [0, 0.1) is 0 Å². The van der Waals surface area contributed by atoms with Crippen molar-refractivity contribution < 1.29 is 54.0 Å². The topological polar surface area (TPSA) is 132 Å². The molecule has 11 nitrogen and oxygen atoms in total. The molecule has 0 unspecified atom stereocenters. The molecule has 0 radical (unpaired) electrons. The predicted molar refractivity (Wildman–Crippen MR) is 125 cm³/mol. The minimum absolute atomic E-state index is 0.159. The van der Waals surface area contributed by atoms with Crippen LogP contribution >= 0.6 is 34.5 Å². The second-order valence-corrected chi connectivity index (χ2v) is 12.9. The Morgan fingerprint density at radius 1 is 0.629 bits per heavy atom. The van der Waals surface area contributed by atoms with E-state index in [1.807, 2.05) is 0 Å². The first-order valence-corrected chi connectivity index (χ1v) is 16.1. The molecule has 1 aromatic heterocycles. The highest BCUT2D eigenvalue weighted by atomic mass is 32.2. The summed E-state index contributed by atoms with van der Waals surface area (Å²) >= 11 is -0.804. The zero-order valence-electron chi connectivity index (χ0n) is 20.2. The van der Waals surface area contributed by atoms with Gasteiger partial charge in [0.2, 0.25) is 5.57 Å². The van der Waals surface area contributed by atoms with Crippen molar-refractivity contribution in [1.82, 2.24) is 9.97 Å². The van der Waals surface area contributed by atoms with Crippen LogP contribution in [0.1, 0.15) is 41.5 Å². The summed E-state index contributed by atoms with van der Waals surface area (Å²) in [5.74, 6) is 0. The molecule has 0 atom stereocenters. The first kappa shape index (κ1) is 32.7. The molecule has 0 amide bonds. The number of hydrogen-bond acceptors (Lipinski definition) is 12. The Hall–Kier alpha value is -0.330. The largest absolute Gasteiger partial charge is 0.446 e. The zero-order valence-corrected chi connectivity index (χ0v) is 23.7. The van der Waals surface area contributed by atoms with Crippen LogP contribution in [0.4, 0.5) is 13.2 Å². The number of aromatic nitrogens is 2. The summed E-state index contributed by atoms with van der Waals surface area (Å²) in [7, 11) is -13.6. The van der Waals surface area contributed by atoms with Gasteiger partial charge in [-0.3, -0.25) is 13.7 Å². The molecule has 1 aromatic rings. The summed E-state index contributed by atoms with van der Waals surface area (Å²) < 4.78 is 113. The van der Waals surface area contributed by atoms with Crippen LogP contribution in [-0.4, -0.2) is 55.1 Å². The van der Waals surface area contributed by atoms with E-state index in [-0.39, 0.29) is 39.6 Å². The van der Waals surface area contributed by atoms with E-state index in [4.69, 9.17) is 27.1 Å². The summed E-state index contributed by atoms with van der Waals surface area (Å²) in [5, 5.41) is 0.